The lowest BCUT2D eigenvalue weighted by atomic mass is 9.98. The third-order valence-electron chi connectivity index (χ3n) is 3.36. The van der Waals surface area contributed by atoms with Crippen molar-refractivity contribution in [2.75, 3.05) is 47.4 Å². The molecule has 0 radical (unpaired) electrons. The number of ether oxygens (including phenoxy) is 1. The normalized spacial score (nSPS) is 14.8. The highest BCUT2D eigenvalue weighted by Gasteiger charge is 2.27. The molecule has 0 aliphatic rings. The average Bonchev–Trinajstić information content (AvgIpc) is 2.24. The van der Waals surface area contributed by atoms with Crippen LogP contribution >= 0.6 is 0 Å². The van der Waals surface area contributed by atoms with Crippen LogP contribution in [0.4, 0.5) is 0 Å². The van der Waals surface area contributed by atoms with E-state index in [-0.39, 0.29) is 11.6 Å². The molecule has 0 aromatic rings. The predicted molar refractivity (Wildman–Crippen MR) is 78.9 cm³/mol. The van der Waals surface area contributed by atoms with Crippen molar-refractivity contribution in [3.63, 3.8) is 0 Å². The van der Waals surface area contributed by atoms with Gasteiger partial charge in [-0.1, -0.05) is 13.8 Å². The molecule has 4 nitrogen and oxygen atoms in total. The molecule has 1 atom stereocenters. The van der Waals surface area contributed by atoms with E-state index in [4.69, 9.17) is 10.5 Å². The Balaban J connectivity index is 4.38. The Morgan fingerprint density at radius 2 is 1.67 bits per heavy atom. The molecule has 0 bridgehead atoms. The molecule has 2 N–H and O–H groups in total. The van der Waals surface area contributed by atoms with Gasteiger partial charge in [0.25, 0.3) is 0 Å². The maximum atomic E-state index is 6.26. The lowest BCUT2D eigenvalue weighted by Gasteiger charge is -2.35. The Bertz CT molecular complexity index is 217. The van der Waals surface area contributed by atoms with Crippen molar-refractivity contribution in [1.82, 2.24) is 9.80 Å². The Labute approximate surface area is 113 Å². The summed E-state index contributed by atoms with van der Waals surface area (Å²) in [6.45, 7) is 12.7. The number of hydrogen-bond acceptors (Lipinski definition) is 4. The van der Waals surface area contributed by atoms with Crippen LogP contribution in [-0.4, -0.2) is 68.8 Å². The molecule has 1 unspecified atom stereocenters. The Kier molecular flexibility index (Phi) is 8.03. The number of likely N-dealkylation sites (N-methyl/N-ethyl adjacent to an activating group) is 1. The lowest BCUT2D eigenvalue weighted by molar-refractivity contribution is -0.00973. The first-order chi connectivity index (χ1) is 8.19. The molecule has 0 aromatic heterocycles. The molecule has 0 rings (SSSR count). The molecule has 0 amide bonds. The van der Waals surface area contributed by atoms with Gasteiger partial charge in [0, 0.05) is 39.3 Å². The van der Waals surface area contributed by atoms with Crippen molar-refractivity contribution < 1.29 is 4.74 Å². The summed E-state index contributed by atoms with van der Waals surface area (Å²) in [6, 6.07) is 0.0309. The predicted octanol–water partition coefficient (Wildman–Crippen LogP) is 1.26. The molecular weight excluding hydrogens is 226 g/mol. The molecular formula is C14H33N3O. The molecule has 18 heavy (non-hydrogen) atoms. The van der Waals surface area contributed by atoms with E-state index in [2.05, 4.69) is 51.6 Å². The smallest absolute Gasteiger partial charge is 0.0785 e. The van der Waals surface area contributed by atoms with Crippen molar-refractivity contribution >= 4 is 0 Å². The Morgan fingerprint density at radius 1 is 1.11 bits per heavy atom. The molecule has 0 spiro atoms. The van der Waals surface area contributed by atoms with Crippen molar-refractivity contribution in [1.29, 1.82) is 0 Å². The van der Waals surface area contributed by atoms with Gasteiger partial charge in [-0.05, 0) is 33.9 Å². The topological polar surface area (TPSA) is 41.7 Å². The highest BCUT2D eigenvalue weighted by Crippen LogP contribution is 2.13. The van der Waals surface area contributed by atoms with E-state index in [0.29, 0.717) is 5.92 Å². The molecule has 0 aliphatic heterocycles. The summed E-state index contributed by atoms with van der Waals surface area (Å²) in [7, 11) is 5.94. The summed E-state index contributed by atoms with van der Waals surface area (Å²) in [5.74, 6) is 0.657. The number of hydrogen-bond donors (Lipinski definition) is 1. The first kappa shape index (κ1) is 17.8. The monoisotopic (exact) mass is 259 g/mol. The van der Waals surface area contributed by atoms with Gasteiger partial charge in [0.15, 0.2) is 0 Å². The van der Waals surface area contributed by atoms with Crippen LogP contribution < -0.4 is 5.73 Å². The Morgan fingerprint density at radius 3 is 2.06 bits per heavy atom. The van der Waals surface area contributed by atoms with Gasteiger partial charge >= 0.3 is 0 Å². The summed E-state index contributed by atoms with van der Waals surface area (Å²) in [5.41, 5.74) is 5.99. The van der Waals surface area contributed by atoms with Crippen LogP contribution in [0.15, 0.2) is 0 Å². The first-order valence-electron chi connectivity index (χ1n) is 6.86. The zero-order valence-corrected chi connectivity index (χ0v) is 13.4. The minimum absolute atomic E-state index is 0.0309. The van der Waals surface area contributed by atoms with E-state index in [1.807, 2.05) is 0 Å². The van der Waals surface area contributed by atoms with Crippen LogP contribution in [-0.2, 0) is 4.74 Å². The quantitative estimate of drug-likeness (QED) is 0.677. The van der Waals surface area contributed by atoms with E-state index in [0.717, 1.165) is 26.2 Å². The van der Waals surface area contributed by atoms with Gasteiger partial charge in [-0.3, -0.25) is 0 Å². The van der Waals surface area contributed by atoms with Crippen molar-refractivity contribution in [3.8, 4) is 0 Å². The van der Waals surface area contributed by atoms with Crippen LogP contribution in [0.2, 0.25) is 0 Å². The highest BCUT2D eigenvalue weighted by molar-refractivity contribution is 4.85. The fourth-order valence-corrected chi connectivity index (χ4v) is 1.76. The summed E-state index contributed by atoms with van der Waals surface area (Å²) >= 11 is 0. The van der Waals surface area contributed by atoms with Crippen LogP contribution in [0.25, 0.3) is 0 Å². The summed E-state index contributed by atoms with van der Waals surface area (Å²) in [6.07, 6.45) is 0. The second kappa shape index (κ2) is 8.10. The molecule has 0 heterocycles. The van der Waals surface area contributed by atoms with E-state index >= 15 is 0 Å². The van der Waals surface area contributed by atoms with Gasteiger partial charge in [0.2, 0.25) is 0 Å². The van der Waals surface area contributed by atoms with Crippen molar-refractivity contribution in [2.45, 2.75) is 39.3 Å². The van der Waals surface area contributed by atoms with Gasteiger partial charge in [-0.15, -0.1) is 0 Å². The van der Waals surface area contributed by atoms with Crippen LogP contribution in [0.1, 0.15) is 27.7 Å². The van der Waals surface area contributed by atoms with Crippen LogP contribution in [0, 0.1) is 5.92 Å². The van der Waals surface area contributed by atoms with Crippen molar-refractivity contribution in [3.05, 3.63) is 0 Å². The van der Waals surface area contributed by atoms with Gasteiger partial charge in [0.1, 0.15) is 0 Å². The summed E-state index contributed by atoms with van der Waals surface area (Å²) in [4.78, 5) is 4.65. The van der Waals surface area contributed by atoms with E-state index in [9.17, 15) is 0 Å². The molecule has 0 aliphatic carbocycles. The van der Waals surface area contributed by atoms with Crippen LogP contribution in [0.3, 0.4) is 0 Å². The second-order valence-corrected chi connectivity index (χ2v) is 6.37. The van der Waals surface area contributed by atoms with E-state index in [1.54, 1.807) is 7.11 Å². The minimum atomic E-state index is -0.270. The zero-order valence-electron chi connectivity index (χ0n) is 13.4. The average molecular weight is 259 g/mol. The fourth-order valence-electron chi connectivity index (χ4n) is 1.76. The number of rotatable bonds is 9. The largest absolute Gasteiger partial charge is 0.377 e. The number of methoxy groups -OCH3 is 1. The molecule has 0 aromatic carbocycles. The maximum absolute atomic E-state index is 6.26. The zero-order chi connectivity index (χ0) is 14.3. The molecule has 0 saturated heterocycles. The molecule has 110 valence electrons. The van der Waals surface area contributed by atoms with Crippen LogP contribution in [0.5, 0.6) is 0 Å². The third-order valence-corrected chi connectivity index (χ3v) is 3.36. The maximum Gasteiger partial charge on any atom is 0.0785 e. The highest BCUT2D eigenvalue weighted by atomic mass is 16.5. The van der Waals surface area contributed by atoms with Gasteiger partial charge in [-0.2, -0.15) is 0 Å². The second-order valence-electron chi connectivity index (χ2n) is 6.37. The summed E-state index contributed by atoms with van der Waals surface area (Å²) in [5, 5.41) is 0. The SMILES string of the molecule is COC(C)(C)C(N)CN(CCN(C)C)CC(C)C. The van der Waals surface area contributed by atoms with Gasteiger partial charge in [-0.25, -0.2) is 0 Å². The number of nitrogens with two attached hydrogens (primary N) is 1. The standard InChI is InChI=1S/C14H33N3O/c1-12(2)10-17(9-8-16(5)6)11-13(15)14(3,4)18-7/h12-13H,8-11,15H2,1-7H3. The first-order valence-corrected chi connectivity index (χ1v) is 6.86. The Hall–Kier alpha value is -0.160. The summed E-state index contributed by atoms with van der Waals surface area (Å²) < 4.78 is 5.47. The molecule has 4 heteroatoms. The van der Waals surface area contributed by atoms with Gasteiger partial charge in [0.05, 0.1) is 5.60 Å². The molecule has 0 saturated carbocycles. The lowest BCUT2D eigenvalue weighted by Crippen LogP contribution is -2.52. The number of nitrogens with zero attached hydrogens (tertiary/aromatic N) is 2. The van der Waals surface area contributed by atoms with Crippen molar-refractivity contribution in [2.24, 2.45) is 11.7 Å². The van der Waals surface area contributed by atoms with E-state index < -0.39 is 0 Å². The third kappa shape index (κ3) is 7.31. The molecule has 0 fully saturated rings. The fraction of sp³-hybridized carbons (Fsp3) is 1.00. The van der Waals surface area contributed by atoms with E-state index in [1.165, 1.54) is 0 Å². The van der Waals surface area contributed by atoms with Gasteiger partial charge < -0.3 is 20.3 Å². The minimum Gasteiger partial charge on any atom is -0.377 e.